The fourth-order valence-electron chi connectivity index (χ4n) is 6.47. The van der Waals surface area contributed by atoms with Crippen molar-refractivity contribution < 1.29 is 120 Å². The van der Waals surface area contributed by atoms with Gasteiger partial charge in [-0.3, -0.25) is 0 Å². The van der Waals surface area contributed by atoms with Crippen LogP contribution in [0.2, 0.25) is 0 Å². The molecule has 4 rings (SSSR count). The normalized spacial score (nSPS) is 48.6. The highest BCUT2D eigenvalue weighted by Crippen LogP contribution is 2.35. The third-order valence-electron chi connectivity index (χ3n) is 9.91. The molecular weight excluding hydrogens is 744 g/mol. The molecule has 0 saturated carbocycles. The monoisotopic (exact) mass is 798 g/mol. The van der Waals surface area contributed by atoms with Crippen molar-refractivity contribution in [3.63, 3.8) is 0 Å². The van der Waals surface area contributed by atoms with Crippen LogP contribution in [0.4, 0.5) is 0 Å². The van der Waals surface area contributed by atoms with Gasteiger partial charge in [-0.25, -0.2) is 0 Å². The predicted octanol–water partition coefficient (Wildman–Crippen LogP) is -10.2. The summed E-state index contributed by atoms with van der Waals surface area (Å²) in [7, 11) is 0. The van der Waals surface area contributed by atoms with Gasteiger partial charge in [0.2, 0.25) is 0 Å². The van der Waals surface area contributed by atoms with Gasteiger partial charge in [0.05, 0.1) is 38.6 Å². The second-order valence-corrected chi connectivity index (χ2v) is 13.7. The zero-order valence-corrected chi connectivity index (χ0v) is 29.1. The van der Waals surface area contributed by atoms with E-state index in [1.807, 2.05) is 0 Å². The van der Waals surface area contributed by atoms with Gasteiger partial charge in [0.15, 0.2) is 25.2 Å². The van der Waals surface area contributed by atoms with Gasteiger partial charge in [-0.05, 0) is 13.8 Å². The molecule has 318 valence electrons. The van der Waals surface area contributed by atoms with Crippen molar-refractivity contribution >= 4 is 0 Å². The molecule has 0 radical (unpaired) electrons. The largest absolute Gasteiger partial charge is 0.394 e. The highest BCUT2D eigenvalue weighted by Gasteiger charge is 2.55. The molecule has 24 heteroatoms. The summed E-state index contributed by atoms with van der Waals surface area (Å²) in [6.45, 7) is -1.48. The van der Waals surface area contributed by atoms with E-state index in [-0.39, 0.29) is 0 Å². The average Bonchev–Trinajstić information content (AvgIpc) is 3.16. The Hall–Kier alpha value is -0.960. The van der Waals surface area contributed by atoms with Crippen molar-refractivity contribution in [2.24, 2.45) is 0 Å². The Kier molecular flexibility index (Phi) is 16.7. The molecule has 4 heterocycles. The third-order valence-corrected chi connectivity index (χ3v) is 9.91. The van der Waals surface area contributed by atoms with Crippen LogP contribution in [0.3, 0.4) is 0 Å². The fourth-order valence-corrected chi connectivity index (χ4v) is 6.47. The summed E-state index contributed by atoms with van der Waals surface area (Å²) < 4.78 is 45.1. The van der Waals surface area contributed by atoms with Crippen LogP contribution in [-0.4, -0.2) is 255 Å². The van der Waals surface area contributed by atoms with Gasteiger partial charge < -0.3 is 120 Å². The molecule has 24 atom stereocenters. The van der Waals surface area contributed by atoms with Crippen LogP contribution in [0.5, 0.6) is 0 Å². The summed E-state index contributed by atoms with van der Waals surface area (Å²) in [4.78, 5) is 0. The SMILES string of the molecule is C[C@@H]1O[C@@H](O[C@H]2[C@H](O[C@@H]([C@@H](O)[C@H](O)CO)[C@H](CO)O[C@@H]3O[C@@H](C)[C@@H](O)[C@@H](O)[C@@H]3O)O[C@H](CO)[C@H](O[C@H]3O[C@H](CO)[C@H](O)[C@H](O)[C@H]3O)[C@@H]2O)[C@@H](O)[C@H](O)[C@@H]1O. The quantitative estimate of drug-likeness (QED) is 0.0731. The van der Waals surface area contributed by atoms with E-state index in [4.69, 9.17) is 37.9 Å². The molecule has 0 bridgehead atoms. The number of ether oxygens (including phenoxy) is 8. The summed E-state index contributed by atoms with van der Waals surface area (Å²) in [5.74, 6) is 0. The smallest absolute Gasteiger partial charge is 0.187 e. The summed E-state index contributed by atoms with van der Waals surface area (Å²) in [6, 6.07) is 0. The molecule has 0 aromatic rings. The number of aliphatic hydroxyl groups excluding tert-OH is 16. The van der Waals surface area contributed by atoms with E-state index in [0.717, 1.165) is 0 Å². The van der Waals surface area contributed by atoms with Crippen molar-refractivity contribution in [1.82, 2.24) is 0 Å². The number of hydrogen-bond acceptors (Lipinski definition) is 24. The van der Waals surface area contributed by atoms with Crippen molar-refractivity contribution in [3.8, 4) is 0 Å². The minimum absolute atomic E-state index is 0.859. The Labute approximate surface area is 307 Å². The van der Waals surface area contributed by atoms with Crippen molar-refractivity contribution in [1.29, 1.82) is 0 Å². The third kappa shape index (κ3) is 9.66. The van der Waals surface area contributed by atoms with Gasteiger partial charge in [0.25, 0.3) is 0 Å². The molecule has 0 unspecified atom stereocenters. The van der Waals surface area contributed by atoms with Gasteiger partial charge in [0.1, 0.15) is 110 Å². The van der Waals surface area contributed by atoms with Crippen LogP contribution in [0.15, 0.2) is 0 Å². The van der Waals surface area contributed by atoms with E-state index in [2.05, 4.69) is 0 Å². The van der Waals surface area contributed by atoms with Crippen LogP contribution in [0.25, 0.3) is 0 Å². The maximum Gasteiger partial charge on any atom is 0.187 e. The molecule has 0 aromatic carbocycles. The molecule has 0 amide bonds. The molecule has 4 saturated heterocycles. The number of rotatable bonds is 15. The van der Waals surface area contributed by atoms with E-state index >= 15 is 0 Å². The van der Waals surface area contributed by atoms with E-state index in [9.17, 15) is 81.7 Å². The first-order valence-electron chi connectivity index (χ1n) is 17.3. The summed E-state index contributed by atoms with van der Waals surface area (Å²) in [5.41, 5.74) is 0. The standard InChI is InChI=1S/C30H54O24/c1-7-13(36)17(40)20(43)27(47-7)50-11(5-33)24(15(38)9(35)3-31)53-30-26(54-28-21(44)18(41)14(37)8(2)48-28)23(46)25(12(6-34)51-30)52-29-22(45)19(42)16(39)10(4-32)49-29/h7-46H,3-6H2,1-2H3/t7-,8-,9+,10+,11-,12+,13+,14+,15-,16-,17+,18+,19-,20-,21-,22+,23-,24+,25-,26+,27-,28-,29+,30-/m0/s1. The van der Waals surface area contributed by atoms with Crippen LogP contribution in [0.1, 0.15) is 13.8 Å². The zero-order valence-electron chi connectivity index (χ0n) is 29.1. The fraction of sp³-hybridized carbons (Fsp3) is 1.00. The predicted molar refractivity (Wildman–Crippen MR) is 166 cm³/mol. The Bertz CT molecular complexity index is 1130. The van der Waals surface area contributed by atoms with Gasteiger partial charge in [-0.1, -0.05) is 0 Å². The molecule has 4 aliphatic heterocycles. The highest BCUT2D eigenvalue weighted by atomic mass is 16.8. The minimum atomic E-state index is -2.22. The molecule has 0 spiro atoms. The number of hydrogen-bond donors (Lipinski definition) is 16. The average molecular weight is 799 g/mol. The van der Waals surface area contributed by atoms with Crippen molar-refractivity contribution in [2.75, 3.05) is 26.4 Å². The molecule has 54 heavy (non-hydrogen) atoms. The van der Waals surface area contributed by atoms with Crippen molar-refractivity contribution in [2.45, 2.75) is 161 Å². The summed E-state index contributed by atoms with van der Waals surface area (Å²) in [6.07, 6.45) is -44.0. The molecule has 16 N–H and O–H groups in total. The minimum Gasteiger partial charge on any atom is -0.394 e. The second-order valence-electron chi connectivity index (χ2n) is 13.7. The first-order valence-corrected chi connectivity index (χ1v) is 17.3. The summed E-state index contributed by atoms with van der Waals surface area (Å²) >= 11 is 0. The lowest BCUT2D eigenvalue weighted by Crippen LogP contribution is -2.67. The van der Waals surface area contributed by atoms with Crippen LogP contribution in [0, 0.1) is 0 Å². The van der Waals surface area contributed by atoms with Gasteiger partial charge in [-0.15, -0.1) is 0 Å². The Morgan fingerprint density at radius 3 is 1.44 bits per heavy atom. The van der Waals surface area contributed by atoms with Crippen LogP contribution in [-0.2, 0) is 37.9 Å². The Morgan fingerprint density at radius 1 is 0.463 bits per heavy atom. The van der Waals surface area contributed by atoms with E-state index in [0.29, 0.717) is 0 Å². The maximum absolute atomic E-state index is 11.7. The molecule has 24 nitrogen and oxygen atoms in total. The van der Waals surface area contributed by atoms with Gasteiger partial charge >= 0.3 is 0 Å². The highest BCUT2D eigenvalue weighted by molar-refractivity contribution is 4.98. The zero-order chi connectivity index (χ0) is 40.3. The van der Waals surface area contributed by atoms with E-state index < -0.39 is 174 Å². The topological polar surface area (TPSA) is 398 Å². The molecule has 4 fully saturated rings. The molecule has 4 aliphatic rings. The van der Waals surface area contributed by atoms with Gasteiger partial charge in [-0.2, -0.15) is 0 Å². The Morgan fingerprint density at radius 2 is 0.926 bits per heavy atom. The Balaban J connectivity index is 1.69. The molecule has 0 aromatic heterocycles. The first kappa shape index (κ1) is 45.7. The van der Waals surface area contributed by atoms with Gasteiger partial charge in [0, 0.05) is 0 Å². The lowest BCUT2D eigenvalue weighted by atomic mass is 9.95. The maximum atomic E-state index is 11.7. The van der Waals surface area contributed by atoms with E-state index in [1.54, 1.807) is 0 Å². The summed E-state index contributed by atoms with van der Waals surface area (Å²) in [5, 5.41) is 166. The lowest BCUT2D eigenvalue weighted by Gasteiger charge is -2.49. The van der Waals surface area contributed by atoms with Crippen LogP contribution >= 0.6 is 0 Å². The number of aliphatic hydroxyl groups is 16. The molecule has 0 aliphatic carbocycles. The van der Waals surface area contributed by atoms with E-state index in [1.165, 1.54) is 13.8 Å². The second kappa shape index (κ2) is 19.7. The molecular formula is C30H54O24. The lowest BCUT2D eigenvalue weighted by molar-refractivity contribution is -0.397. The van der Waals surface area contributed by atoms with Crippen molar-refractivity contribution in [3.05, 3.63) is 0 Å². The van der Waals surface area contributed by atoms with Crippen LogP contribution < -0.4 is 0 Å². The first-order chi connectivity index (χ1) is 25.4.